The van der Waals surface area contributed by atoms with Crippen LogP contribution in [0.15, 0.2) is 51.5 Å². The van der Waals surface area contributed by atoms with Crippen LogP contribution in [0.5, 0.6) is 5.75 Å². The van der Waals surface area contributed by atoms with Crippen molar-refractivity contribution in [2.24, 2.45) is 0 Å². The van der Waals surface area contributed by atoms with Crippen LogP contribution >= 0.6 is 15.9 Å². The van der Waals surface area contributed by atoms with Gasteiger partial charge in [-0.05, 0) is 30.3 Å². The first-order chi connectivity index (χ1) is 11.2. The van der Waals surface area contributed by atoms with E-state index in [0.717, 1.165) is 0 Å². The number of hydrogen-bond donors (Lipinski definition) is 1. The van der Waals surface area contributed by atoms with Crippen molar-refractivity contribution in [3.63, 3.8) is 0 Å². The molecule has 2 aromatic carbocycles. The molecular weight excluding hydrogens is 365 g/mol. The molecule has 0 amide bonds. The minimum atomic E-state index is -0.453. The second kappa shape index (κ2) is 6.52. The predicted molar refractivity (Wildman–Crippen MR) is 87.5 cm³/mol. The van der Waals surface area contributed by atoms with Crippen molar-refractivity contribution in [1.82, 2.24) is 5.16 Å². The van der Waals surface area contributed by atoms with E-state index in [-0.39, 0.29) is 17.9 Å². The minimum absolute atomic E-state index is 0.201. The topological polar surface area (TPSA) is 55.5 Å². The fourth-order valence-corrected chi connectivity index (χ4v) is 2.75. The lowest BCUT2D eigenvalue weighted by molar-refractivity contribution is 0.281. The lowest BCUT2D eigenvalue weighted by Crippen LogP contribution is -1.93. The molecule has 1 heterocycles. The van der Waals surface area contributed by atoms with Crippen LogP contribution < -0.4 is 4.74 Å². The molecule has 0 atom stereocenters. The molecule has 1 aromatic heterocycles. The van der Waals surface area contributed by atoms with Gasteiger partial charge in [-0.25, -0.2) is 4.39 Å². The molecule has 0 bridgehead atoms. The third-order valence-corrected chi connectivity index (χ3v) is 3.97. The zero-order valence-electron chi connectivity index (χ0n) is 12.2. The van der Waals surface area contributed by atoms with E-state index in [0.29, 0.717) is 27.0 Å². The number of para-hydroxylation sites is 1. The molecule has 118 valence electrons. The van der Waals surface area contributed by atoms with Crippen molar-refractivity contribution in [2.75, 3.05) is 7.11 Å². The molecule has 0 radical (unpaired) electrons. The number of benzene rings is 2. The van der Waals surface area contributed by atoms with Gasteiger partial charge in [0.1, 0.15) is 17.3 Å². The third-order valence-electron chi connectivity index (χ3n) is 3.48. The first kappa shape index (κ1) is 15.7. The van der Waals surface area contributed by atoms with Crippen molar-refractivity contribution in [1.29, 1.82) is 0 Å². The first-order valence-corrected chi connectivity index (χ1v) is 7.63. The van der Waals surface area contributed by atoms with Gasteiger partial charge in [-0.2, -0.15) is 0 Å². The van der Waals surface area contributed by atoms with E-state index in [4.69, 9.17) is 9.26 Å². The molecule has 0 fully saturated rings. The van der Waals surface area contributed by atoms with Crippen LogP contribution in [0.3, 0.4) is 0 Å². The summed E-state index contributed by atoms with van der Waals surface area (Å²) < 4.78 is 25.5. The standard InChI is InChI=1S/C17H13BrFNO3/c1-22-15-5-3-2-4-11(15)16-13(9-21)17(23-20-16)12-8-10(18)6-7-14(12)19/h2-8,21H,9H2,1H3. The second-order valence-corrected chi connectivity index (χ2v) is 5.74. The Labute approximate surface area is 140 Å². The molecule has 3 aromatic rings. The summed E-state index contributed by atoms with van der Waals surface area (Å²) in [5.41, 5.74) is 1.74. The van der Waals surface area contributed by atoms with E-state index < -0.39 is 5.82 Å². The Morgan fingerprint density at radius 1 is 1.22 bits per heavy atom. The molecule has 3 rings (SSSR count). The molecule has 0 saturated carbocycles. The van der Waals surface area contributed by atoms with Crippen molar-refractivity contribution in [3.8, 4) is 28.3 Å². The number of ether oxygens (including phenoxy) is 1. The van der Waals surface area contributed by atoms with E-state index in [1.807, 2.05) is 12.1 Å². The fourth-order valence-electron chi connectivity index (χ4n) is 2.39. The Morgan fingerprint density at radius 2 is 2.00 bits per heavy atom. The van der Waals surface area contributed by atoms with Gasteiger partial charge in [0.05, 0.1) is 24.8 Å². The number of aromatic nitrogens is 1. The highest BCUT2D eigenvalue weighted by Crippen LogP contribution is 2.37. The van der Waals surface area contributed by atoms with Gasteiger partial charge in [0.25, 0.3) is 0 Å². The molecule has 6 heteroatoms. The summed E-state index contributed by atoms with van der Waals surface area (Å²) in [6.07, 6.45) is 0. The Kier molecular flexibility index (Phi) is 4.45. The Morgan fingerprint density at radius 3 is 2.74 bits per heavy atom. The van der Waals surface area contributed by atoms with Gasteiger partial charge in [-0.1, -0.05) is 33.2 Å². The van der Waals surface area contributed by atoms with Crippen LogP contribution in [-0.2, 0) is 6.61 Å². The number of hydrogen-bond acceptors (Lipinski definition) is 4. The first-order valence-electron chi connectivity index (χ1n) is 6.84. The summed E-state index contributed by atoms with van der Waals surface area (Å²) >= 11 is 3.30. The summed E-state index contributed by atoms with van der Waals surface area (Å²) in [7, 11) is 1.55. The summed E-state index contributed by atoms with van der Waals surface area (Å²) in [5, 5.41) is 13.8. The van der Waals surface area contributed by atoms with E-state index >= 15 is 0 Å². The molecule has 0 aliphatic rings. The summed E-state index contributed by atoms with van der Waals surface area (Å²) in [6.45, 7) is -0.335. The molecule has 0 spiro atoms. The molecule has 1 N–H and O–H groups in total. The van der Waals surface area contributed by atoms with E-state index in [2.05, 4.69) is 21.1 Å². The highest BCUT2D eigenvalue weighted by Gasteiger charge is 2.22. The zero-order chi connectivity index (χ0) is 16.4. The highest BCUT2D eigenvalue weighted by molar-refractivity contribution is 9.10. The van der Waals surface area contributed by atoms with Gasteiger partial charge in [0.2, 0.25) is 0 Å². The third kappa shape index (κ3) is 2.87. The summed E-state index contributed by atoms with van der Waals surface area (Å²) in [5.74, 6) is 0.342. The predicted octanol–water partition coefficient (Wildman–Crippen LogP) is 4.41. The average Bonchev–Trinajstić information content (AvgIpc) is 3.00. The Bertz CT molecular complexity index is 848. The van der Waals surface area contributed by atoms with Gasteiger partial charge in [-0.3, -0.25) is 0 Å². The molecule has 0 unspecified atom stereocenters. The zero-order valence-corrected chi connectivity index (χ0v) is 13.8. The van der Waals surface area contributed by atoms with Crippen LogP contribution in [0.2, 0.25) is 0 Å². The molecule has 23 heavy (non-hydrogen) atoms. The number of rotatable bonds is 4. The largest absolute Gasteiger partial charge is 0.496 e. The van der Waals surface area contributed by atoms with Crippen LogP contribution in [0.25, 0.3) is 22.6 Å². The fraction of sp³-hybridized carbons (Fsp3) is 0.118. The van der Waals surface area contributed by atoms with E-state index in [1.165, 1.54) is 6.07 Å². The lowest BCUT2D eigenvalue weighted by Gasteiger charge is -2.07. The number of aliphatic hydroxyl groups excluding tert-OH is 1. The quantitative estimate of drug-likeness (QED) is 0.731. The molecule has 0 aliphatic carbocycles. The molecule has 0 saturated heterocycles. The number of aliphatic hydroxyl groups is 1. The Hall–Kier alpha value is -2.18. The van der Waals surface area contributed by atoms with Gasteiger partial charge in [0, 0.05) is 10.0 Å². The maximum atomic E-state index is 14.1. The van der Waals surface area contributed by atoms with E-state index in [1.54, 1.807) is 31.4 Å². The van der Waals surface area contributed by atoms with Crippen molar-refractivity contribution < 1.29 is 18.8 Å². The van der Waals surface area contributed by atoms with Gasteiger partial charge >= 0.3 is 0 Å². The van der Waals surface area contributed by atoms with Crippen molar-refractivity contribution in [2.45, 2.75) is 6.61 Å². The number of halogens is 2. The highest BCUT2D eigenvalue weighted by atomic mass is 79.9. The number of nitrogens with zero attached hydrogens (tertiary/aromatic N) is 1. The monoisotopic (exact) mass is 377 g/mol. The van der Waals surface area contributed by atoms with Crippen LogP contribution in [0, 0.1) is 5.82 Å². The molecular formula is C17H13BrFNO3. The smallest absolute Gasteiger partial charge is 0.175 e. The van der Waals surface area contributed by atoms with Crippen molar-refractivity contribution >= 4 is 15.9 Å². The Balaban J connectivity index is 2.19. The molecule has 4 nitrogen and oxygen atoms in total. The SMILES string of the molecule is COc1ccccc1-c1noc(-c2cc(Br)ccc2F)c1CO. The summed E-state index contributed by atoms with van der Waals surface area (Å²) in [4.78, 5) is 0. The second-order valence-electron chi connectivity index (χ2n) is 4.82. The average molecular weight is 378 g/mol. The normalized spacial score (nSPS) is 10.8. The van der Waals surface area contributed by atoms with Gasteiger partial charge in [0.15, 0.2) is 5.76 Å². The minimum Gasteiger partial charge on any atom is -0.496 e. The van der Waals surface area contributed by atoms with Crippen molar-refractivity contribution in [3.05, 3.63) is 58.3 Å². The maximum absolute atomic E-state index is 14.1. The van der Waals surface area contributed by atoms with E-state index in [9.17, 15) is 9.50 Å². The van der Waals surface area contributed by atoms with Crippen LogP contribution in [0.1, 0.15) is 5.56 Å². The van der Waals surface area contributed by atoms with Crippen LogP contribution in [-0.4, -0.2) is 17.4 Å². The maximum Gasteiger partial charge on any atom is 0.175 e. The lowest BCUT2D eigenvalue weighted by atomic mass is 10.0. The summed E-state index contributed by atoms with van der Waals surface area (Å²) in [6, 6.07) is 11.7. The van der Waals surface area contributed by atoms with Crippen LogP contribution in [0.4, 0.5) is 4.39 Å². The number of methoxy groups -OCH3 is 1. The molecule has 0 aliphatic heterocycles. The van der Waals surface area contributed by atoms with Gasteiger partial charge < -0.3 is 14.4 Å². The van der Waals surface area contributed by atoms with Gasteiger partial charge in [-0.15, -0.1) is 0 Å².